The van der Waals surface area contributed by atoms with Gasteiger partial charge < -0.3 is 5.32 Å². The van der Waals surface area contributed by atoms with Crippen LogP contribution in [0.4, 0.5) is 14.6 Å². The van der Waals surface area contributed by atoms with Crippen LogP contribution in [0.5, 0.6) is 0 Å². The zero-order valence-corrected chi connectivity index (χ0v) is 8.55. The van der Waals surface area contributed by atoms with Crippen molar-refractivity contribution in [1.29, 1.82) is 0 Å². The van der Waals surface area contributed by atoms with Crippen molar-refractivity contribution in [3.8, 4) is 0 Å². The minimum absolute atomic E-state index is 0.0209. The lowest BCUT2D eigenvalue weighted by atomic mass is 10.2. The number of amides is 1. The Morgan fingerprint density at radius 1 is 1.60 bits per heavy atom. The third-order valence-electron chi connectivity index (χ3n) is 1.62. The molecule has 1 heterocycles. The lowest BCUT2D eigenvalue weighted by molar-refractivity contribution is -0.139. The first kappa shape index (κ1) is 11.8. The van der Waals surface area contributed by atoms with Crippen LogP contribution >= 0.6 is 11.6 Å². The van der Waals surface area contributed by atoms with Crippen LogP contribution < -0.4 is 5.32 Å². The molecule has 1 amide bonds. The normalized spacial score (nSPS) is 11.2. The van der Waals surface area contributed by atoms with Crippen molar-refractivity contribution >= 4 is 23.3 Å². The van der Waals surface area contributed by atoms with Crippen LogP contribution in [-0.2, 0) is 4.79 Å². The SMILES string of the molecule is CCC(F)(F)C(=O)Nc1cncc(Cl)n1. The van der Waals surface area contributed by atoms with Crippen LogP contribution in [-0.4, -0.2) is 21.8 Å². The van der Waals surface area contributed by atoms with E-state index >= 15 is 0 Å². The van der Waals surface area contributed by atoms with Crippen LogP contribution in [0.2, 0.25) is 5.15 Å². The fourth-order valence-electron chi connectivity index (χ4n) is 0.771. The molecule has 0 aliphatic rings. The highest BCUT2D eigenvalue weighted by Gasteiger charge is 2.36. The van der Waals surface area contributed by atoms with Crippen LogP contribution in [0.3, 0.4) is 0 Å². The summed E-state index contributed by atoms with van der Waals surface area (Å²) >= 11 is 5.46. The average molecular weight is 236 g/mol. The largest absolute Gasteiger partial charge is 0.324 e. The van der Waals surface area contributed by atoms with Crippen molar-refractivity contribution in [2.75, 3.05) is 5.32 Å². The van der Waals surface area contributed by atoms with Gasteiger partial charge >= 0.3 is 5.92 Å². The summed E-state index contributed by atoms with van der Waals surface area (Å²) in [6.07, 6.45) is 1.79. The van der Waals surface area contributed by atoms with Gasteiger partial charge in [0.2, 0.25) is 0 Å². The summed E-state index contributed by atoms with van der Waals surface area (Å²) in [6, 6.07) is 0. The van der Waals surface area contributed by atoms with E-state index in [2.05, 4.69) is 9.97 Å². The lowest BCUT2D eigenvalue weighted by Gasteiger charge is -2.12. The summed E-state index contributed by atoms with van der Waals surface area (Å²) in [6.45, 7) is 1.21. The number of anilines is 1. The first-order valence-corrected chi connectivity index (χ1v) is 4.50. The monoisotopic (exact) mass is 235 g/mol. The standard InChI is InChI=1S/C8H8ClF2N3O/c1-2-8(10,11)7(15)14-6-4-12-3-5(9)13-6/h3-4H,2H2,1H3,(H,13,14,15). The topological polar surface area (TPSA) is 54.9 Å². The molecule has 0 aliphatic heterocycles. The molecule has 0 aliphatic carbocycles. The van der Waals surface area contributed by atoms with E-state index in [9.17, 15) is 13.6 Å². The first-order chi connectivity index (χ1) is 6.95. The highest BCUT2D eigenvalue weighted by Crippen LogP contribution is 2.19. The van der Waals surface area contributed by atoms with Gasteiger partial charge in [-0.05, 0) is 0 Å². The number of rotatable bonds is 3. The Labute approximate surface area is 89.7 Å². The first-order valence-electron chi connectivity index (χ1n) is 4.12. The molecule has 0 saturated carbocycles. The van der Waals surface area contributed by atoms with Crippen molar-refractivity contribution in [3.63, 3.8) is 0 Å². The maximum Gasteiger partial charge on any atom is 0.324 e. The molecule has 15 heavy (non-hydrogen) atoms. The van der Waals surface area contributed by atoms with Crippen LogP contribution in [0.15, 0.2) is 12.4 Å². The Morgan fingerprint density at radius 3 is 2.80 bits per heavy atom. The molecule has 1 rings (SSSR count). The second kappa shape index (κ2) is 4.48. The van der Waals surface area contributed by atoms with Gasteiger partial charge in [-0.1, -0.05) is 18.5 Å². The van der Waals surface area contributed by atoms with Gasteiger partial charge in [-0.25, -0.2) is 4.98 Å². The van der Waals surface area contributed by atoms with Gasteiger partial charge in [-0.3, -0.25) is 9.78 Å². The van der Waals surface area contributed by atoms with E-state index in [1.165, 1.54) is 13.1 Å². The molecule has 7 heteroatoms. The molecule has 0 bridgehead atoms. The molecule has 0 aromatic carbocycles. The number of hydrogen-bond acceptors (Lipinski definition) is 3. The third-order valence-corrected chi connectivity index (χ3v) is 1.81. The number of carbonyl (C=O) groups is 1. The van der Waals surface area contributed by atoms with Crippen molar-refractivity contribution in [2.24, 2.45) is 0 Å². The zero-order chi connectivity index (χ0) is 11.5. The quantitative estimate of drug-likeness (QED) is 0.873. The van der Waals surface area contributed by atoms with E-state index in [-0.39, 0.29) is 11.0 Å². The predicted octanol–water partition coefficient (Wildman–Crippen LogP) is 2.11. The molecule has 0 radical (unpaired) electrons. The second-order valence-electron chi connectivity index (χ2n) is 2.74. The Hall–Kier alpha value is -1.30. The number of nitrogens with zero attached hydrogens (tertiary/aromatic N) is 2. The number of nitrogens with one attached hydrogen (secondary N) is 1. The van der Waals surface area contributed by atoms with E-state index in [1.54, 1.807) is 0 Å². The van der Waals surface area contributed by atoms with Crippen molar-refractivity contribution in [2.45, 2.75) is 19.3 Å². The van der Waals surface area contributed by atoms with Gasteiger partial charge in [0.25, 0.3) is 5.91 Å². The zero-order valence-electron chi connectivity index (χ0n) is 7.80. The smallest absolute Gasteiger partial charge is 0.304 e. The van der Waals surface area contributed by atoms with E-state index < -0.39 is 18.3 Å². The molecule has 82 valence electrons. The van der Waals surface area contributed by atoms with Gasteiger partial charge in [0.05, 0.1) is 12.4 Å². The van der Waals surface area contributed by atoms with E-state index in [4.69, 9.17) is 11.6 Å². The van der Waals surface area contributed by atoms with Crippen molar-refractivity contribution in [1.82, 2.24) is 9.97 Å². The van der Waals surface area contributed by atoms with Crippen LogP contribution in [0.25, 0.3) is 0 Å². The Balaban J connectivity index is 2.75. The molecule has 0 saturated heterocycles. The Bertz CT molecular complexity index is 373. The molecule has 4 nitrogen and oxygen atoms in total. The molecule has 0 unspecified atom stereocenters. The predicted molar refractivity (Wildman–Crippen MR) is 50.9 cm³/mol. The molecule has 0 atom stereocenters. The van der Waals surface area contributed by atoms with Gasteiger partial charge in [0, 0.05) is 6.42 Å². The molecular formula is C8H8ClF2N3O. The summed E-state index contributed by atoms with van der Waals surface area (Å²) in [5.74, 6) is -4.92. The van der Waals surface area contributed by atoms with Gasteiger partial charge in [-0.15, -0.1) is 0 Å². The number of carbonyl (C=O) groups excluding carboxylic acids is 1. The van der Waals surface area contributed by atoms with Gasteiger partial charge in [0.1, 0.15) is 5.15 Å². The Kier molecular flexibility index (Phi) is 3.52. The highest BCUT2D eigenvalue weighted by molar-refractivity contribution is 6.29. The number of aromatic nitrogens is 2. The lowest BCUT2D eigenvalue weighted by Crippen LogP contribution is -2.34. The number of alkyl halides is 2. The van der Waals surface area contributed by atoms with Gasteiger partial charge in [0.15, 0.2) is 5.82 Å². The fourth-order valence-corrected chi connectivity index (χ4v) is 0.918. The van der Waals surface area contributed by atoms with E-state index in [0.29, 0.717) is 0 Å². The summed E-state index contributed by atoms with van der Waals surface area (Å²) in [4.78, 5) is 18.2. The van der Waals surface area contributed by atoms with Crippen LogP contribution in [0.1, 0.15) is 13.3 Å². The van der Waals surface area contributed by atoms with Crippen molar-refractivity contribution < 1.29 is 13.6 Å². The van der Waals surface area contributed by atoms with Crippen LogP contribution in [0, 0.1) is 0 Å². The Morgan fingerprint density at radius 2 is 2.27 bits per heavy atom. The summed E-state index contributed by atoms with van der Waals surface area (Å²) in [7, 11) is 0. The number of halogens is 3. The van der Waals surface area contributed by atoms with E-state index in [0.717, 1.165) is 6.20 Å². The van der Waals surface area contributed by atoms with E-state index in [1.807, 2.05) is 5.32 Å². The summed E-state index contributed by atoms with van der Waals surface area (Å²) in [5, 5.41) is 1.95. The maximum atomic E-state index is 12.8. The second-order valence-corrected chi connectivity index (χ2v) is 3.13. The number of hydrogen-bond donors (Lipinski definition) is 1. The molecular weight excluding hydrogens is 228 g/mol. The fraction of sp³-hybridized carbons (Fsp3) is 0.375. The maximum absolute atomic E-state index is 12.8. The highest BCUT2D eigenvalue weighted by atomic mass is 35.5. The minimum Gasteiger partial charge on any atom is -0.304 e. The molecule has 1 aromatic heterocycles. The van der Waals surface area contributed by atoms with Crippen molar-refractivity contribution in [3.05, 3.63) is 17.5 Å². The minimum atomic E-state index is -3.41. The third kappa shape index (κ3) is 3.09. The summed E-state index contributed by atoms with van der Waals surface area (Å²) in [5.41, 5.74) is 0. The molecule has 1 N–H and O–H groups in total. The van der Waals surface area contributed by atoms with Gasteiger partial charge in [-0.2, -0.15) is 8.78 Å². The average Bonchev–Trinajstić information content (AvgIpc) is 2.17. The molecule has 0 fully saturated rings. The molecule has 1 aromatic rings. The molecule has 0 spiro atoms. The summed E-state index contributed by atoms with van der Waals surface area (Å²) < 4.78 is 25.7.